The Balaban J connectivity index is 1.64. The van der Waals surface area contributed by atoms with Gasteiger partial charge in [-0.1, -0.05) is 12.1 Å². The third-order valence-electron chi connectivity index (χ3n) is 3.86. The molecule has 0 aliphatic heterocycles. The van der Waals surface area contributed by atoms with Gasteiger partial charge in [-0.25, -0.2) is 0 Å². The summed E-state index contributed by atoms with van der Waals surface area (Å²) >= 11 is 2.00. The molecule has 3 rings (SSSR count). The van der Waals surface area contributed by atoms with Gasteiger partial charge in [-0.05, 0) is 55.7 Å². The van der Waals surface area contributed by atoms with Gasteiger partial charge in [0.05, 0.1) is 0 Å². The molecule has 0 heterocycles. The van der Waals surface area contributed by atoms with Gasteiger partial charge < -0.3 is 5.73 Å². The van der Waals surface area contributed by atoms with Crippen molar-refractivity contribution in [3.8, 4) is 0 Å². The minimum atomic E-state index is -0.000308. The molecule has 0 atom stereocenters. The molecule has 2 aliphatic rings. The van der Waals surface area contributed by atoms with E-state index in [1.54, 1.807) is 0 Å². The minimum absolute atomic E-state index is 0.000308. The summed E-state index contributed by atoms with van der Waals surface area (Å²) in [5.41, 5.74) is 7.63. The topological polar surface area (TPSA) is 26.0 Å². The highest BCUT2D eigenvalue weighted by Crippen LogP contribution is 2.40. The van der Waals surface area contributed by atoms with Gasteiger partial charge >= 0.3 is 0 Å². The van der Waals surface area contributed by atoms with Gasteiger partial charge in [-0.15, -0.1) is 11.8 Å². The zero-order chi connectivity index (χ0) is 11.0. The average Bonchev–Trinajstić information content (AvgIpc) is 3.08. The van der Waals surface area contributed by atoms with Gasteiger partial charge in [0.2, 0.25) is 0 Å². The Bertz CT molecular complexity index is 363. The van der Waals surface area contributed by atoms with Crippen molar-refractivity contribution >= 4 is 11.8 Å². The number of thioether (sulfide) groups is 1. The molecule has 2 heteroatoms. The highest BCUT2D eigenvalue weighted by molar-refractivity contribution is 7.99. The summed E-state index contributed by atoms with van der Waals surface area (Å²) in [5, 5.41) is 0. The second kappa shape index (κ2) is 4.08. The molecule has 16 heavy (non-hydrogen) atoms. The Labute approximate surface area is 102 Å². The number of nitrogens with two attached hydrogens (primary N) is 1. The first kappa shape index (κ1) is 10.7. The third kappa shape index (κ3) is 2.14. The Kier molecular flexibility index (Phi) is 2.72. The van der Waals surface area contributed by atoms with E-state index in [9.17, 15) is 0 Å². The molecule has 1 aromatic rings. The maximum atomic E-state index is 6.30. The van der Waals surface area contributed by atoms with Crippen LogP contribution >= 0.6 is 11.8 Å². The van der Waals surface area contributed by atoms with Crippen molar-refractivity contribution in [3.63, 3.8) is 0 Å². The highest BCUT2D eigenvalue weighted by atomic mass is 32.2. The van der Waals surface area contributed by atoms with Crippen LogP contribution in [0.15, 0.2) is 29.2 Å². The maximum absolute atomic E-state index is 6.30. The van der Waals surface area contributed by atoms with Crippen molar-refractivity contribution in [1.82, 2.24) is 0 Å². The van der Waals surface area contributed by atoms with Crippen LogP contribution in [0.25, 0.3) is 0 Å². The fraction of sp³-hybridized carbons (Fsp3) is 0.571. The third-order valence-corrected chi connectivity index (χ3v) is 5.10. The van der Waals surface area contributed by atoms with E-state index >= 15 is 0 Å². The van der Waals surface area contributed by atoms with Crippen molar-refractivity contribution in [2.45, 2.75) is 42.5 Å². The van der Waals surface area contributed by atoms with E-state index in [1.165, 1.54) is 35.5 Å². The van der Waals surface area contributed by atoms with E-state index in [4.69, 9.17) is 5.73 Å². The number of hydrogen-bond acceptors (Lipinski definition) is 2. The average molecular weight is 233 g/mol. The lowest BCUT2D eigenvalue weighted by Gasteiger charge is -2.38. The van der Waals surface area contributed by atoms with Gasteiger partial charge in [0.1, 0.15) is 0 Å². The predicted molar refractivity (Wildman–Crippen MR) is 69.6 cm³/mol. The lowest BCUT2D eigenvalue weighted by atomic mass is 9.73. The van der Waals surface area contributed by atoms with Gasteiger partial charge in [0.15, 0.2) is 0 Å². The Morgan fingerprint density at radius 3 is 2.38 bits per heavy atom. The molecule has 1 aromatic carbocycles. The maximum Gasteiger partial charge on any atom is 0.0409 e. The predicted octanol–water partition coefficient (Wildman–Crippen LogP) is 3.53. The van der Waals surface area contributed by atoms with Crippen LogP contribution in [0.4, 0.5) is 0 Å². The second-order valence-electron chi connectivity index (χ2n) is 5.29. The highest BCUT2D eigenvalue weighted by Gasteiger charge is 2.34. The standard InChI is InChI=1S/C14H19NS/c15-14(8-1-9-14)12-4-6-13(7-5-12)16-10-11-2-3-11/h4-7,11H,1-3,8-10,15H2. The van der Waals surface area contributed by atoms with Crippen molar-refractivity contribution < 1.29 is 0 Å². The summed E-state index contributed by atoms with van der Waals surface area (Å²) in [7, 11) is 0. The summed E-state index contributed by atoms with van der Waals surface area (Å²) in [4.78, 5) is 1.40. The summed E-state index contributed by atoms with van der Waals surface area (Å²) in [6.45, 7) is 0. The molecule has 2 N–H and O–H groups in total. The summed E-state index contributed by atoms with van der Waals surface area (Å²) in [5.74, 6) is 2.30. The SMILES string of the molecule is NC1(c2ccc(SCC3CC3)cc2)CCC1. The normalized spacial score (nSPS) is 22.8. The van der Waals surface area contributed by atoms with Crippen LogP contribution in [0, 0.1) is 5.92 Å². The first-order chi connectivity index (χ1) is 7.76. The van der Waals surface area contributed by atoms with Crippen LogP contribution in [0.3, 0.4) is 0 Å². The van der Waals surface area contributed by atoms with E-state index < -0.39 is 0 Å². The molecular weight excluding hydrogens is 214 g/mol. The summed E-state index contributed by atoms with van der Waals surface area (Å²) < 4.78 is 0. The zero-order valence-corrected chi connectivity index (χ0v) is 10.4. The van der Waals surface area contributed by atoms with Gasteiger partial charge in [-0.2, -0.15) is 0 Å². The molecule has 86 valence electrons. The molecule has 0 radical (unpaired) electrons. The number of rotatable bonds is 4. The first-order valence-electron chi connectivity index (χ1n) is 6.28. The van der Waals surface area contributed by atoms with Crippen molar-refractivity contribution in [1.29, 1.82) is 0 Å². The molecule has 2 fully saturated rings. The van der Waals surface area contributed by atoms with E-state index in [-0.39, 0.29) is 5.54 Å². The lowest BCUT2D eigenvalue weighted by molar-refractivity contribution is 0.253. The summed E-state index contributed by atoms with van der Waals surface area (Å²) in [6.07, 6.45) is 6.48. The quantitative estimate of drug-likeness (QED) is 0.805. The van der Waals surface area contributed by atoms with Crippen molar-refractivity contribution in [2.24, 2.45) is 11.7 Å². The molecule has 0 saturated heterocycles. The van der Waals surface area contributed by atoms with Crippen LogP contribution in [0.2, 0.25) is 0 Å². The molecule has 0 spiro atoms. The van der Waals surface area contributed by atoms with Crippen LogP contribution in [-0.2, 0) is 5.54 Å². The Hall–Kier alpha value is -0.470. The number of benzene rings is 1. The number of hydrogen-bond donors (Lipinski definition) is 1. The molecule has 0 amide bonds. The van der Waals surface area contributed by atoms with E-state index in [0.717, 1.165) is 18.8 Å². The van der Waals surface area contributed by atoms with Gasteiger partial charge in [0, 0.05) is 16.2 Å². The van der Waals surface area contributed by atoms with E-state index in [1.807, 2.05) is 11.8 Å². The molecule has 1 nitrogen and oxygen atoms in total. The van der Waals surface area contributed by atoms with Crippen LogP contribution in [0.1, 0.15) is 37.7 Å². The molecule has 0 aromatic heterocycles. The van der Waals surface area contributed by atoms with Crippen LogP contribution in [-0.4, -0.2) is 5.75 Å². The fourth-order valence-electron chi connectivity index (χ4n) is 2.23. The zero-order valence-electron chi connectivity index (χ0n) is 9.61. The van der Waals surface area contributed by atoms with Crippen molar-refractivity contribution in [3.05, 3.63) is 29.8 Å². The van der Waals surface area contributed by atoms with Gasteiger partial charge in [-0.3, -0.25) is 0 Å². The molecular formula is C14H19NS. The first-order valence-corrected chi connectivity index (χ1v) is 7.27. The fourth-order valence-corrected chi connectivity index (χ4v) is 3.32. The summed E-state index contributed by atoms with van der Waals surface area (Å²) in [6, 6.07) is 8.95. The minimum Gasteiger partial charge on any atom is -0.321 e. The second-order valence-corrected chi connectivity index (χ2v) is 6.38. The monoisotopic (exact) mass is 233 g/mol. The van der Waals surface area contributed by atoms with Gasteiger partial charge in [0.25, 0.3) is 0 Å². The molecule has 0 unspecified atom stereocenters. The smallest absolute Gasteiger partial charge is 0.0409 e. The molecule has 0 bridgehead atoms. The molecule has 2 aliphatic carbocycles. The van der Waals surface area contributed by atoms with E-state index in [2.05, 4.69) is 24.3 Å². The van der Waals surface area contributed by atoms with Crippen LogP contribution < -0.4 is 5.73 Å². The van der Waals surface area contributed by atoms with E-state index in [0.29, 0.717) is 0 Å². The molecule has 2 saturated carbocycles. The Morgan fingerprint density at radius 2 is 1.88 bits per heavy atom. The van der Waals surface area contributed by atoms with Crippen LogP contribution in [0.5, 0.6) is 0 Å². The Morgan fingerprint density at radius 1 is 1.19 bits per heavy atom. The lowest BCUT2D eigenvalue weighted by Crippen LogP contribution is -2.43. The largest absolute Gasteiger partial charge is 0.321 e. The van der Waals surface area contributed by atoms with Crippen molar-refractivity contribution in [2.75, 3.05) is 5.75 Å².